The molecule has 13 atom stereocenters. The van der Waals surface area contributed by atoms with Gasteiger partial charge in [0, 0.05) is 46.5 Å². The highest BCUT2D eigenvalue weighted by atomic mass is 16.7. The zero-order chi connectivity index (χ0) is 40.1. The van der Waals surface area contributed by atoms with Gasteiger partial charge >= 0.3 is 29.8 Å². The molecule has 5 aliphatic rings. The van der Waals surface area contributed by atoms with E-state index in [4.69, 9.17) is 37.9 Å². The van der Waals surface area contributed by atoms with Crippen LogP contribution in [-0.2, 0) is 68.5 Å². The predicted molar refractivity (Wildman–Crippen MR) is 189 cm³/mol. The van der Waals surface area contributed by atoms with Crippen LogP contribution in [-0.4, -0.2) is 94.5 Å². The molecule has 2 aliphatic heterocycles. The molecule has 14 nitrogen and oxygen atoms in total. The first-order valence-electron chi connectivity index (χ1n) is 18.1. The molecule has 1 aromatic carbocycles. The minimum Gasteiger partial charge on any atom is -0.496 e. The molecule has 3 saturated carbocycles. The Kier molecular flexibility index (Phi) is 11.2. The van der Waals surface area contributed by atoms with E-state index in [1.807, 2.05) is 30.3 Å². The van der Waals surface area contributed by atoms with Gasteiger partial charge in [-0.25, -0.2) is 0 Å². The minimum absolute atomic E-state index is 0.0886. The number of carbonyl (C=O) groups excluding carboxylic acids is 5. The van der Waals surface area contributed by atoms with Crippen LogP contribution in [0.5, 0.6) is 0 Å². The Bertz CT molecular complexity index is 1690. The van der Waals surface area contributed by atoms with Gasteiger partial charge in [0.05, 0.1) is 23.9 Å². The van der Waals surface area contributed by atoms with Gasteiger partial charge in [-0.3, -0.25) is 24.0 Å². The minimum atomic E-state index is -2.17. The van der Waals surface area contributed by atoms with Crippen LogP contribution < -0.4 is 0 Å². The fourth-order valence-corrected chi connectivity index (χ4v) is 9.92. The third kappa shape index (κ3) is 6.39. The van der Waals surface area contributed by atoms with Crippen molar-refractivity contribution in [1.29, 1.82) is 0 Å². The van der Waals surface area contributed by atoms with E-state index in [0.29, 0.717) is 5.56 Å². The van der Waals surface area contributed by atoms with Crippen LogP contribution in [0, 0.1) is 23.7 Å². The SMILES string of the molecule is C=C(C)OCC12O[C@@]3([C@@H]1OC(C)=O)[C@@H](OC(C)=O)[C@@H](C)C[C@H]3[C@]1(O)[C@H]([C@@H](OC(C)=O)[C@](OCc3ccccc3)(C(=C)C)[C@@H](OC(C)=O)[C@H]1C)[C@@H]2OC(C)=O. The smallest absolute Gasteiger partial charge is 0.303 e. The van der Waals surface area contributed by atoms with E-state index in [-0.39, 0.29) is 24.4 Å². The molecule has 296 valence electrons. The number of hydrogen-bond acceptors (Lipinski definition) is 14. The fraction of sp³-hybridized carbons (Fsp3) is 0.625. The standard InChI is InChI=1S/C40H52O14/c1-20(2)39(48-18-29-15-13-12-14-16-29)33(50-25(8)42)23(6)38(46)30-17-22(5)32(49-24(7)41)40(30)36(53-28(11)45)37(54-40,19-47-21(3)4)34(51-26(9)43)31(38)35(39)52-27(10)44/h12-16,22-23,30-36,46H,1,3,17-19H2,2,4-11H3/t22-,23+,30-,31-,32-,33-,34-,35+,36+,37?,38-,39-,40+/m0/s1. The number of allylic oxidation sites excluding steroid dienone is 1. The third-order valence-electron chi connectivity index (χ3n) is 11.6. The van der Waals surface area contributed by atoms with Crippen molar-refractivity contribution in [3.63, 3.8) is 0 Å². The van der Waals surface area contributed by atoms with Crippen LogP contribution in [0.15, 0.2) is 54.8 Å². The maximum atomic E-state index is 13.9. The Balaban J connectivity index is 1.91. The molecule has 5 fully saturated rings. The molecular formula is C40H52O14. The Labute approximate surface area is 315 Å². The lowest BCUT2D eigenvalue weighted by Crippen LogP contribution is -2.83. The summed E-state index contributed by atoms with van der Waals surface area (Å²) in [6.45, 7) is 20.2. The van der Waals surface area contributed by atoms with E-state index in [0.717, 1.165) is 6.92 Å². The number of rotatable bonds is 12. The third-order valence-corrected chi connectivity index (χ3v) is 11.6. The van der Waals surface area contributed by atoms with Crippen LogP contribution in [0.3, 0.4) is 0 Å². The van der Waals surface area contributed by atoms with Gasteiger partial charge in [0.25, 0.3) is 0 Å². The topological polar surface area (TPSA) is 179 Å². The Hall–Kier alpha value is -4.27. The molecule has 2 heterocycles. The molecule has 2 bridgehead atoms. The first kappa shape index (κ1) is 40.9. The van der Waals surface area contributed by atoms with Gasteiger partial charge in [-0.2, -0.15) is 0 Å². The number of ether oxygens (including phenoxy) is 8. The van der Waals surface area contributed by atoms with Crippen molar-refractivity contribution in [2.45, 2.75) is 128 Å². The van der Waals surface area contributed by atoms with E-state index in [2.05, 4.69) is 13.2 Å². The molecule has 1 spiro atoms. The Morgan fingerprint density at radius 1 is 0.759 bits per heavy atom. The summed E-state index contributed by atoms with van der Waals surface area (Å²) in [5.74, 6) is -7.72. The average molecular weight is 757 g/mol. The van der Waals surface area contributed by atoms with Crippen LogP contribution in [0.25, 0.3) is 0 Å². The van der Waals surface area contributed by atoms with Gasteiger partial charge in [0.15, 0.2) is 22.9 Å². The summed E-state index contributed by atoms with van der Waals surface area (Å²) < 4.78 is 50.6. The number of hydrogen-bond donors (Lipinski definition) is 1. The van der Waals surface area contributed by atoms with Gasteiger partial charge in [-0.1, -0.05) is 57.3 Å². The second-order valence-electron chi connectivity index (χ2n) is 15.3. The molecule has 14 heteroatoms. The normalized spacial score (nSPS) is 38.9. The number of esters is 5. The molecule has 1 aromatic rings. The summed E-state index contributed by atoms with van der Waals surface area (Å²) in [6.07, 6.45) is -6.96. The molecule has 0 aromatic heterocycles. The molecule has 2 saturated heterocycles. The zero-order valence-electron chi connectivity index (χ0n) is 32.4. The largest absolute Gasteiger partial charge is 0.496 e. The Morgan fingerprint density at radius 2 is 1.28 bits per heavy atom. The quantitative estimate of drug-likeness (QED) is 0.140. The average Bonchev–Trinajstić information content (AvgIpc) is 3.29. The van der Waals surface area contributed by atoms with Crippen LogP contribution in [0.2, 0.25) is 0 Å². The van der Waals surface area contributed by atoms with Gasteiger partial charge in [-0.15, -0.1) is 0 Å². The highest BCUT2D eigenvalue weighted by molar-refractivity contribution is 5.70. The summed E-state index contributed by atoms with van der Waals surface area (Å²) in [5, 5.41) is 13.9. The van der Waals surface area contributed by atoms with Crippen LogP contribution in [0.1, 0.15) is 74.3 Å². The second-order valence-corrected chi connectivity index (χ2v) is 15.3. The molecule has 6 rings (SSSR count). The predicted octanol–water partition coefficient (Wildman–Crippen LogP) is 3.90. The van der Waals surface area contributed by atoms with Crippen molar-refractivity contribution >= 4 is 29.8 Å². The van der Waals surface area contributed by atoms with E-state index in [9.17, 15) is 29.1 Å². The zero-order valence-corrected chi connectivity index (χ0v) is 32.4. The van der Waals surface area contributed by atoms with E-state index in [1.165, 1.54) is 27.7 Å². The molecule has 0 radical (unpaired) electrons. The first-order chi connectivity index (χ1) is 25.2. The van der Waals surface area contributed by atoms with Crippen molar-refractivity contribution in [1.82, 2.24) is 0 Å². The van der Waals surface area contributed by atoms with Crippen molar-refractivity contribution in [3.05, 3.63) is 60.4 Å². The van der Waals surface area contributed by atoms with Crippen molar-refractivity contribution < 1.29 is 67.0 Å². The van der Waals surface area contributed by atoms with Crippen molar-refractivity contribution in [2.75, 3.05) is 6.61 Å². The van der Waals surface area contributed by atoms with Crippen LogP contribution >= 0.6 is 0 Å². The summed E-state index contributed by atoms with van der Waals surface area (Å²) in [5.41, 5.74) is -6.76. The molecule has 0 amide bonds. The van der Waals surface area contributed by atoms with Gasteiger partial charge < -0.3 is 43.0 Å². The molecular weight excluding hydrogens is 704 g/mol. The maximum absolute atomic E-state index is 13.9. The number of carbonyl (C=O) groups is 5. The monoisotopic (exact) mass is 756 g/mol. The molecule has 3 aliphatic carbocycles. The molecule has 1 unspecified atom stereocenters. The lowest BCUT2D eigenvalue weighted by Gasteiger charge is -2.63. The van der Waals surface area contributed by atoms with Crippen LogP contribution in [0.4, 0.5) is 0 Å². The van der Waals surface area contributed by atoms with Crippen molar-refractivity contribution in [3.8, 4) is 0 Å². The van der Waals surface area contributed by atoms with E-state index < -0.39 is 113 Å². The Morgan fingerprint density at radius 3 is 1.80 bits per heavy atom. The van der Waals surface area contributed by atoms with E-state index >= 15 is 0 Å². The maximum Gasteiger partial charge on any atom is 0.303 e. The van der Waals surface area contributed by atoms with Crippen molar-refractivity contribution in [2.24, 2.45) is 23.7 Å². The lowest BCUT2D eigenvalue weighted by molar-refractivity contribution is -0.404. The fourth-order valence-electron chi connectivity index (χ4n) is 9.92. The molecule has 54 heavy (non-hydrogen) atoms. The molecule has 1 N–H and O–H groups in total. The highest BCUT2D eigenvalue weighted by Crippen LogP contribution is 2.71. The number of aliphatic hydroxyl groups is 1. The lowest BCUT2D eigenvalue weighted by atomic mass is 9.52. The summed E-state index contributed by atoms with van der Waals surface area (Å²) in [4.78, 5) is 65.5. The highest BCUT2D eigenvalue weighted by Gasteiger charge is 2.90. The van der Waals surface area contributed by atoms with Gasteiger partial charge in [0.2, 0.25) is 0 Å². The number of benzene rings is 1. The summed E-state index contributed by atoms with van der Waals surface area (Å²) in [6, 6.07) is 9.10. The van der Waals surface area contributed by atoms with E-state index in [1.54, 1.807) is 27.7 Å². The van der Waals surface area contributed by atoms with Gasteiger partial charge in [0.1, 0.15) is 31.0 Å². The first-order valence-corrected chi connectivity index (χ1v) is 18.1. The summed E-state index contributed by atoms with van der Waals surface area (Å²) >= 11 is 0. The summed E-state index contributed by atoms with van der Waals surface area (Å²) in [7, 11) is 0. The second kappa shape index (κ2) is 14.8. The van der Waals surface area contributed by atoms with Gasteiger partial charge in [-0.05, 0) is 37.3 Å².